The van der Waals surface area contributed by atoms with Crippen molar-refractivity contribution in [2.75, 3.05) is 0 Å². The number of aromatic nitrogens is 2. The number of oxazole rings is 2. The molecule has 1 aromatic carbocycles. The van der Waals surface area contributed by atoms with Crippen molar-refractivity contribution in [2.45, 2.75) is 24.8 Å². The van der Waals surface area contributed by atoms with Crippen LogP contribution in [0.15, 0.2) is 38.3 Å². The van der Waals surface area contributed by atoms with Gasteiger partial charge in [-0.25, -0.2) is 9.97 Å². The van der Waals surface area contributed by atoms with Crippen LogP contribution < -0.4 is 0 Å². The van der Waals surface area contributed by atoms with Crippen molar-refractivity contribution in [3.63, 3.8) is 0 Å². The summed E-state index contributed by atoms with van der Waals surface area (Å²) in [6, 6.07) is 7.73. The second-order valence-electron chi connectivity index (χ2n) is 3.99. The van der Waals surface area contributed by atoms with Crippen LogP contribution in [0.4, 0.5) is 0 Å². The van der Waals surface area contributed by atoms with Crippen LogP contribution in [0, 0.1) is 13.8 Å². The molecular weight excluding hydrogens is 248 g/mol. The molecule has 3 rings (SSSR count). The van der Waals surface area contributed by atoms with Gasteiger partial charge in [0.05, 0.1) is 11.4 Å². The van der Waals surface area contributed by atoms with Crippen molar-refractivity contribution >= 4 is 22.9 Å². The van der Waals surface area contributed by atoms with E-state index in [1.807, 2.05) is 38.1 Å². The van der Waals surface area contributed by atoms with Gasteiger partial charge < -0.3 is 8.83 Å². The van der Waals surface area contributed by atoms with Gasteiger partial charge in [-0.05, 0) is 26.0 Å². The third-order valence-corrected chi connectivity index (χ3v) is 3.48. The van der Waals surface area contributed by atoms with E-state index in [9.17, 15) is 0 Å². The Morgan fingerprint density at radius 2 is 1.94 bits per heavy atom. The van der Waals surface area contributed by atoms with Crippen molar-refractivity contribution in [2.24, 2.45) is 0 Å². The van der Waals surface area contributed by atoms with Crippen LogP contribution in [0.1, 0.15) is 17.3 Å². The Labute approximate surface area is 108 Å². The molecule has 0 fully saturated rings. The second-order valence-corrected chi connectivity index (χ2v) is 4.91. The lowest BCUT2D eigenvalue weighted by Crippen LogP contribution is -1.79. The summed E-state index contributed by atoms with van der Waals surface area (Å²) in [5.74, 6) is 2.17. The van der Waals surface area contributed by atoms with E-state index in [0.29, 0.717) is 16.9 Å². The number of thioether (sulfide) groups is 1. The molecule has 5 heteroatoms. The maximum Gasteiger partial charge on any atom is 0.256 e. The summed E-state index contributed by atoms with van der Waals surface area (Å²) >= 11 is 1.49. The van der Waals surface area contributed by atoms with E-state index in [4.69, 9.17) is 8.83 Å². The lowest BCUT2D eigenvalue weighted by Gasteiger charge is -1.90. The van der Waals surface area contributed by atoms with Gasteiger partial charge in [-0.3, -0.25) is 0 Å². The normalized spacial score (nSPS) is 11.2. The first-order chi connectivity index (χ1) is 8.72. The lowest BCUT2D eigenvalue weighted by atomic mass is 10.3. The molecule has 2 heterocycles. The number of rotatable bonds is 3. The van der Waals surface area contributed by atoms with E-state index < -0.39 is 0 Å². The first kappa shape index (κ1) is 11.3. The molecule has 0 saturated heterocycles. The minimum Gasteiger partial charge on any atom is -0.440 e. The van der Waals surface area contributed by atoms with Crippen LogP contribution in [-0.2, 0) is 5.75 Å². The summed E-state index contributed by atoms with van der Waals surface area (Å²) in [6.07, 6.45) is 0. The van der Waals surface area contributed by atoms with Gasteiger partial charge in [0.25, 0.3) is 5.22 Å². The fourth-order valence-corrected chi connectivity index (χ4v) is 2.37. The zero-order chi connectivity index (χ0) is 12.5. The van der Waals surface area contributed by atoms with Gasteiger partial charge >= 0.3 is 0 Å². The second kappa shape index (κ2) is 4.49. The molecule has 0 N–H and O–H groups in total. The molecule has 18 heavy (non-hydrogen) atoms. The maximum atomic E-state index is 5.63. The van der Waals surface area contributed by atoms with Crippen molar-refractivity contribution in [1.82, 2.24) is 9.97 Å². The molecule has 0 saturated carbocycles. The van der Waals surface area contributed by atoms with Gasteiger partial charge in [-0.15, -0.1) is 0 Å². The highest BCUT2D eigenvalue weighted by molar-refractivity contribution is 7.98. The fraction of sp³-hybridized carbons (Fsp3) is 0.231. The van der Waals surface area contributed by atoms with Crippen LogP contribution >= 0.6 is 11.8 Å². The number of fused-ring (bicyclic) bond motifs is 1. The Morgan fingerprint density at radius 1 is 1.11 bits per heavy atom. The number of aryl methyl sites for hydroxylation is 2. The first-order valence-corrected chi connectivity index (χ1v) is 6.62. The molecule has 2 aromatic heterocycles. The maximum absolute atomic E-state index is 5.63. The number of para-hydroxylation sites is 2. The minimum absolute atomic E-state index is 0.619. The molecule has 0 aliphatic rings. The Hall–Kier alpha value is -1.75. The predicted molar refractivity (Wildman–Crippen MR) is 69.5 cm³/mol. The van der Waals surface area contributed by atoms with Crippen LogP contribution in [0.25, 0.3) is 11.1 Å². The quantitative estimate of drug-likeness (QED) is 0.672. The van der Waals surface area contributed by atoms with Crippen molar-refractivity contribution in [3.05, 3.63) is 41.6 Å². The fourth-order valence-electron chi connectivity index (χ4n) is 1.61. The number of nitrogens with zero attached hydrogens (tertiary/aromatic N) is 2. The monoisotopic (exact) mass is 260 g/mol. The Morgan fingerprint density at radius 3 is 2.67 bits per heavy atom. The molecule has 0 radical (unpaired) electrons. The zero-order valence-electron chi connectivity index (χ0n) is 10.1. The summed E-state index contributed by atoms with van der Waals surface area (Å²) in [5, 5.41) is 0.659. The molecule has 0 aliphatic carbocycles. The first-order valence-electron chi connectivity index (χ1n) is 5.63. The molecule has 0 amide bonds. The molecule has 0 aliphatic heterocycles. The van der Waals surface area contributed by atoms with E-state index in [1.165, 1.54) is 11.8 Å². The molecule has 92 valence electrons. The van der Waals surface area contributed by atoms with Crippen LogP contribution in [0.5, 0.6) is 0 Å². The van der Waals surface area contributed by atoms with E-state index in [0.717, 1.165) is 22.6 Å². The van der Waals surface area contributed by atoms with Gasteiger partial charge in [-0.1, -0.05) is 23.9 Å². The highest BCUT2D eigenvalue weighted by Crippen LogP contribution is 2.25. The molecule has 0 atom stereocenters. The third kappa shape index (κ3) is 2.13. The Bertz CT molecular complexity index is 635. The molecular formula is C13H12N2O2S. The van der Waals surface area contributed by atoms with Crippen molar-refractivity contribution in [3.8, 4) is 0 Å². The van der Waals surface area contributed by atoms with Gasteiger partial charge in [0.15, 0.2) is 5.58 Å². The number of hydrogen-bond acceptors (Lipinski definition) is 5. The third-order valence-electron chi connectivity index (χ3n) is 2.67. The standard InChI is InChI=1S/C13H12N2O2S/c1-8-9(2)16-13(14-8)18-7-12-15-10-5-3-4-6-11(10)17-12/h3-6H,7H2,1-2H3. The number of hydrogen-bond donors (Lipinski definition) is 0. The predicted octanol–water partition coefficient (Wildman–Crippen LogP) is 3.72. The summed E-state index contributed by atoms with van der Waals surface area (Å²) in [4.78, 5) is 8.71. The SMILES string of the molecule is Cc1nc(SCc2nc3ccccc3o2)oc1C. The number of benzene rings is 1. The smallest absolute Gasteiger partial charge is 0.256 e. The molecule has 0 unspecified atom stereocenters. The minimum atomic E-state index is 0.619. The van der Waals surface area contributed by atoms with Gasteiger partial charge in [0, 0.05) is 0 Å². The average molecular weight is 260 g/mol. The lowest BCUT2D eigenvalue weighted by molar-refractivity contribution is 0.430. The van der Waals surface area contributed by atoms with Crippen molar-refractivity contribution in [1.29, 1.82) is 0 Å². The topological polar surface area (TPSA) is 52.1 Å². The highest BCUT2D eigenvalue weighted by Gasteiger charge is 2.09. The summed E-state index contributed by atoms with van der Waals surface area (Å²) in [7, 11) is 0. The molecule has 4 nitrogen and oxygen atoms in total. The van der Waals surface area contributed by atoms with E-state index >= 15 is 0 Å². The van der Waals surface area contributed by atoms with E-state index in [-0.39, 0.29) is 0 Å². The van der Waals surface area contributed by atoms with Gasteiger partial charge in [-0.2, -0.15) is 0 Å². The van der Waals surface area contributed by atoms with Gasteiger partial charge in [0.2, 0.25) is 5.89 Å². The highest BCUT2D eigenvalue weighted by atomic mass is 32.2. The van der Waals surface area contributed by atoms with Crippen molar-refractivity contribution < 1.29 is 8.83 Å². The zero-order valence-corrected chi connectivity index (χ0v) is 11.0. The Kier molecular flexibility index (Phi) is 2.83. The van der Waals surface area contributed by atoms with Crippen LogP contribution in [0.2, 0.25) is 0 Å². The molecule has 0 bridgehead atoms. The average Bonchev–Trinajstić information content (AvgIpc) is 2.91. The van der Waals surface area contributed by atoms with Crippen LogP contribution in [-0.4, -0.2) is 9.97 Å². The Balaban J connectivity index is 1.76. The summed E-state index contributed by atoms with van der Waals surface area (Å²) in [5.41, 5.74) is 2.62. The van der Waals surface area contributed by atoms with Gasteiger partial charge in [0.1, 0.15) is 11.3 Å². The van der Waals surface area contributed by atoms with E-state index in [1.54, 1.807) is 0 Å². The largest absolute Gasteiger partial charge is 0.440 e. The molecule has 0 spiro atoms. The molecule has 3 aromatic rings. The van der Waals surface area contributed by atoms with Crippen LogP contribution in [0.3, 0.4) is 0 Å². The summed E-state index contributed by atoms with van der Waals surface area (Å²) in [6.45, 7) is 3.84. The van der Waals surface area contributed by atoms with E-state index in [2.05, 4.69) is 9.97 Å². The summed E-state index contributed by atoms with van der Waals surface area (Å²) < 4.78 is 11.1.